The van der Waals surface area contributed by atoms with Gasteiger partial charge in [-0.05, 0) is 26.7 Å². The summed E-state index contributed by atoms with van der Waals surface area (Å²) in [6.45, 7) is 6.23. The molecular formula is C16H22N4. The van der Waals surface area contributed by atoms with Crippen molar-refractivity contribution in [3.63, 3.8) is 0 Å². The predicted molar refractivity (Wildman–Crippen MR) is 83.7 cm³/mol. The Morgan fingerprint density at radius 1 is 0.800 bits per heavy atom. The number of nitrogens with one attached hydrogen (secondary N) is 2. The van der Waals surface area contributed by atoms with E-state index in [1.165, 1.54) is 0 Å². The van der Waals surface area contributed by atoms with Crippen molar-refractivity contribution >= 4 is 11.7 Å². The van der Waals surface area contributed by atoms with E-state index >= 15 is 0 Å². The maximum Gasteiger partial charge on any atom is 0.128 e. The molecule has 0 saturated carbocycles. The van der Waals surface area contributed by atoms with Crippen LogP contribution in [0, 0.1) is 0 Å². The highest BCUT2D eigenvalue weighted by Gasteiger charge is 2.15. The molecule has 0 radical (unpaired) electrons. The molecule has 0 aliphatic carbocycles. The normalized spacial score (nSPS) is 26.1. The lowest BCUT2D eigenvalue weighted by atomic mass is 10.1. The van der Waals surface area contributed by atoms with Crippen LogP contribution >= 0.6 is 0 Å². The van der Waals surface area contributed by atoms with Crippen molar-refractivity contribution in [2.45, 2.75) is 38.8 Å². The zero-order chi connectivity index (χ0) is 13.9. The molecule has 4 nitrogen and oxygen atoms in total. The molecule has 4 heteroatoms. The molecule has 0 saturated heterocycles. The van der Waals surface area contributed by atoms with E-state index in [2.05, 4.69) is 58.7 Å². The molecule has 0 bridgehead atoms. The number of hydrogen-bond acceptors (Lipinski definition) is 4. The third kappa shape index (κ3) is 2.84. The Labute approximate surface area is 120 Å². The molecule has 0 amide bonds. The van der Waals surface area contributed by atoms with Crippen LogP contribution in [0.1, 0.15) is 37.8 Å². The van der Waals surface area contributed by atoms with E-state index in [-0.39, 0.29) is 0 Å². The Hall–Kier alpha value is -1.84. The summed E-state index contributed by atoms with van der Waals surface area (Å²) in [5.41, 5.74) is 2.31. The monoisotopic (exact) mass is 270 g/mol. The van der Waals surface area contributed by atoms with Gasteiger partial charge in [0.15, 0.2) is 0 Å². The Morgan fingerprint density at radius 2 is 1.20 bits per heavy atom. The molecule has 2 N–H and O–H groups in total. The lowest BCUT2D eigenvalue weighted by Gasteiger charge is -2.23. The van der Waals surface area contributed by atoms with Gasteiger partial charge in [0.05, 0.1) is 0 Å². The minimum atomic E-state index is 0.507. The van der Waals surface area contributed by atoms with Gasteiger partial charge >= 0.3 is 0 Å². The van der Waals surface area contributed by atoms with E-state index in [1.54, 1.807) is 0 Å². The molecule has 1 aromatic rings. The Morgan fingerprint density at radius 3 is 1.55 bits per heavy atom. The maximum atomic E-state index is 4.56. The molecule has 106 valence electrons. The van der Waals surface area contributed by atoms with Crippen LogP contribution in [-0.4, -0.2) is 36.8 Å². The maximum absolute atomic E-state index is 4.56. The second-order valence-corrected chi connectivity index (χ2v) is 5.71. The molecule has 3 rings (SSSR count). The average Bonchev–Trinajstić information content (AvgIpc) is 2.47. The lowest BCUT2D eigenvalue weighted by Crippen LogP contribution is -2.38. The molecule has 2 atom stereocenters. The van der Waals surface area contributed by atoms with Crippen molar-refractivity contribution in [3.05, 3.63) is 35.4 Å². The van der Waals surface area contributed by atoms with Gasteiger partial charge in [0.25, 0.3) is 0 Å². The highest BCUT2D eigenvalue weighted by Crippen LogP contribution is 2.11. The lowest BCUT2D eigenvalue weighted by molar-refractivity contribution is 0.587. The Bertz CT molecular complexity index is 481. The number of hydrogen-bond donors (Lipinski definition) is 2. The zero-order valence-electron chi connectivity index (χ0n) is 12.2. The Kier molecular flexibility index (Phi) is 3.72. The molecule has 0 aromatic heterocycles. The van der Waals surface area contributed by atoms with E-state index in [0.717, 1.165) is 48.7 Å². The minimum Gasteiger partial charge on any atom is -0.367 e. The number of rotatable bonds is 2. The first kappa shape index (κ1) is 13.2. The molecule has 2 aliphatic rings. The standard InChI is InChI=1S/C16H22N4/c1-11-7-9-17-15(19-11)13-3-5-14(6-4-13)16-18-10-8-12(2)20-16/h3-6,11-12H,7-10H2,1-2H3,(H,17,19)(H,18,20). The molecule has 20 heavy (non-hydrogen) atoms. The van der Waals surface area contributed by atoms with Crippen molar-refractivity contribution in [1.82, 2.24) is 10.6 Å². The van der Waals surface area contributed by atoms with Crippen LogP contribution in [0.2, 0.25) is 0 Å². The Balaban J connectivity index is 1.78. The average molecular weight is 270 g/mol. The van der Waals surface area contributed by atoms with Crippen LogP contribution in [0.3, 0.4) is 0 Å². The van der Waals surface area contributed by atoms with Crippen LogP contribution in [-0.2, 0) is 0 Å². The van der Waals surface area contributed by atoms with E-state index < -0.39 is 0 Å². The SMILES string of the molecule is CC1CCN=C(c2ccc(C3=NCCC(C)N3)cc2)N1. The van der Waals surface area contributed by atoms with Crippen molar-refractivity contribution in [1.29, 1.82) is 0 Å². The van der Waals surface area contributed by atoms with Gasteiger partial charge in [-0.15, -0.1) is 0 Å². The third-order valence-electron chi connectivity index (χ3n) is 3.86. The molecule has 1 aromatic carbocycles. The zero-order valence-corrected chi connectivity index (χ0v) is 12.2. The van der Waals surface area contributed by atoms with Gasteiger partial charge in [0.1, 0.15) is 11.7 Å². The quantitative estimate of drug-likeness (QED) is 0.863. The summed E-state index contributed by atoms with van der Waals surface area (Å²) in [6.07, 6.45) is 2.22. The highest BCUT2D eigenvalue weighted by atomic mass is 15.1. The summed E-state index contributed by atoms with van der Waals surface area (Å²) in [4.78, 5) is 9.13. The van der Waals surface area contributed by atoms with Crippen molar-refractivity contribution in [2.24, 2.45) is 9.98 Å². The van der Waals surface area contributed by atoms with Crippen LogP contribution < -0.4 is 10.6 Å². The summed E-state index contributed by atoms with van der Waals surface area (Å²) in [7, 11) is 0. The summed E-state index contributed by atoms with van der Waals surface area (Å²) >= 11 is 0. The fraction of sp³-hybridized carbons (Fsp3) is 0.500. The third-order valence-corrected chi connectivity index (χ3v) is 3.86. The summed E-state index contributed by atoms with van der Waals surface area (Å²) in [5.74, 6) is 2.03. The first-order valence-electron chi connectivity index (χ1n) is 7.45. The molecule has 2 aliphatic heterocycles. The number of aliphatic imine (C=N–C) groups is 2. The molecule has 2 heterocycles. The molecule has 2 unspecified atom stereocenters. The van der Waals surface area contributed by atoms with Gasteiger partial charge in [-0.25, -0.2) is 0 Å². The molecule has 0 fully saturated rings. The second kappa shape index (κ2) is 5.65. The minimum absolute atomic E-state index is 0.507. The van der Waals surface area contributed by atoms with E-state index in [0.29, 0.717) is 12.1 Å². The van der Waals surface area contributed by atoms with Crippen LogP contribution in [0.5, 0.6) is 0 Å². The predicted octanol–water partition coefficient (Wildman–Crippen LogP) is 1.94. The van der Waals surface area contributed by atoms with E-state index in [9.17, 15) is 0 Å². The topological polar surface area (TPSA) is 48.8 Å². The summed E-state index contributed by atoms with van der Waals surface area (Å²) in [5, 5.41) is 6.89. The van der Waals surface area contributed by atoms with Gasteiger partial charge in [0.2, 0.25) is 0 Å². The van der Waals surface area contributed by atoms with Crippen molar-refractivity contribution in [3.8, 4) is 0 Å². The molecule has 0 spiro atoms. The van der Waals surface area contributed by atoms with E-state index in [4.69, 9.17) is 0 Å². The number of nitrogens with zero attached hydrogens (tertiary/aromatic N) is 2. The van der Waals surface area contributed by atoms with Crippen LogP contribution in [0.15, 0.2) is 34.3 Å². The van der Waals surface area contributed by atoms with Gasteiger partial charge in [-0.3, -0.25) is 9.98 Å². The number of amidine groups is 2. The number of benzene rings is 1. The fourth-order valence-corrected chi connectivity index (χ4v) is 2.58. The van der Waals surface area contributed by atoms with Crippen molar-refractivity contribution < 1.29 is 0 Å². The second-order valence-electron chi connectivity index (χ2n) is 5.71. The van der Waals surface area contributed by atoms with Crippen LogP contribution in [0.25, 0.3) is 0 Å². The van der Waals surface area contributed by atoms with Gasteiger partial charge in [-0.1, -0.05) is 24.3 Å². The fourth-order valence-electron chi connectivity index (χ4n) is 2.58. The van der Waals surface area contributed by atoms with Gasteiger partial charge in [-0.2, -0.15) is 0 Å². The smallest absolute Gasteiger partial charge is 0.128 e. The van der Waals surface area contributed by atoms with Crippen molar-refractivity contribution in [2.75, 3.05) is 13.1 Å². The molecular weight excluding hydrogens is 248 g/mol. The van der Waals surface area contributed by atoms with E-state index in [1.807, 2.05) is 0 Å². The van der Waals surface area contributed by atoms with Crippen LogP contribution in [0.4, 0.5) is 0 Å². The van der Waals surface area contributed by atoms with Gasteiger partial charge < -0.3 is 10.6 Å². The first-order valence-corrected chi connectivity index (χ1v) is 7.45. The summed E-state index contributed by atoms with van der Waals surface area (Å²) in [6, 6.07) is 9.52. The highest BCUT2D eigenvalue weighted by molar-refractivity contribution is 6.02. The largest absolute Gasteiger partial charge is 0.367 e. The summed E-state index contributed by atoms with van der Waals surface area (Å²) < 4.78 is 0. The first-order chi connectivity index (χ1) is 9.72. The van der Waals surface area contributed by atoms with Gasteiger partial charge in [0, 0.05) is 36.3 Å².